The summed E-state index contributed by atoms with van der Waals surface area (Å²) in [6.07, 6.45) is 7.15. The Kier molecular flexibility index (Phi) is 3.63. The third kappa shape index (κ3) is 2.53. The van der Waals surface area contributed by atoms with Crippen molar-refractivity contribution < 1.29 is 14.3 Å². The molecule has 5 fully saturated rings. The zero-order chi connectivity index (χ0) is 15.2. The highest BCUT2D eigenvalue weighted by atomic mass is 16.5. The minimum atomic E-state index is -0.153. The average molecular weight is 306 g/mol. The molecule has 5 heteroatoms. The molecule has 0 radical (unpaired) electrons. The highest BCUT2D eigenvalue weighted by molar-refractivity contribution is 5.88. The lowest BCUT2D eigenvalue weighted by Crippen LogP contribution is -2.55. The SMILES string of the molecule is O=C(CNC(=O)C12CC3CC(CC(C3)C1)C2)N1CCOCC1. The normalized spacial score (nSPS) is 39.8. The van der Waals surface area contributed by atoms with Crippen molar-refractivity contribution in [3.63, 3.8) is 0 Å². The zero-order valence-electron chi connectivity index (χ0n) is 13.2. The largest absolute Gasteiger partial charge is 0.378 e. The molecule has 1 N–H and O–H groups in total. The van der Waals surface area contributed by atoms with Crippen molar-refractivity contribution >= 4 is 11.8 Å². The number of carbonyl (C=O) groups is 2. The van der Waals surface area contributed by atoms with Crippen molar-refractivity contribution in [3.8, 4) is 0 Å². The van der Waals surface area contributed by atoms with Crippen molar-refractivity contribution in [1.82, 2.24) is 10.2 Å². The fraction of sp³-hybridized carbons (Fsp3) is 0.882. The van der Waals surface area contributed by atoms with Crippen LogP contribution < -0.4 is 5.32 Å². The molecular formula is C17H26N2O3. The van der Waals surface area contributed by atoms with E-state index in [0.717, 1.165) is 37.0 Å². The van der Waals surface area contributed by atoms with Crippen LogP contribution in [0.4, 0.5) is 0 Å². The highest BCUT2D eigenvalue weighted by Gasteiger charge is 2.54. The fourth-order valence-electron chi connectivity index (χ4n) is 5.66. The first-order chi connectivity index (χ1) is 10.6. The zero-order valence-corrected chi connectivity index (χ0v) is 13.2. The molecule has 0 aromatic rings. The Labute approximate surface area is 131 Å². The Morgan fingerprint density at radius 1 is 1.00 bits per heavy atom. The number of rotatable bonds is 3. The van der Waals surface area contributed by atoms with Crippen LogP contribution >= 0.6 is 0 Å². The summed E-state index contributed by atoms with van der Waals surface area (Å²) in [7, 11) is 0. The van der Waals surface area contributed by atoms with Gasteiger partial charge in [0.05, 0.1) is 19.8 Å². The maximum atomic E-state index is 12.8. The lowest BCUT2D eigenvalue weighted by Gasteiger charge is -2.55. The van der Waals surface area contributed by atoms with Gasteiger partial charge in [0.15, 0.2) is 0 Å². The smallest absolute Gasteiger partial charge is 0.242 e. The number of morpholine rings is 1. The van der Waals surface area contributed by atoms with E-state index >= 15 is 0 Å². The molecule has 5 nitrogen and oxygen atoms in total. The van der Waals surface area contributed by atoms with Crippen molar-refractivity contribution in [2.24, 2.45) is 23.2 Å². The first-order valence-electron chi connectivity index (χ1n) is 8.78. The summed E-state index contributed by atoms with van der Waals surface area (Å²) < 4.78 is 5.26. The summed E-state index contributed by atoms with van der Waals surface area (Å²) in [6, 6.07) is 0. The van der Waals surface area contributed by atoms with Gasteiger partial charge in [-0.3, -0.25) is 9.59 Å². The lowest BCUT2D eigenvalue weighted by atomic mass is 9.49. The molecule has 5 aliphatic rings. The van der Waals surface area contributed by atoms with Gasteiger partial charge >= 0.3 is 0 Å². The predicted molar refractivity (Wildman–Crippen MR) is 81.0 cm³/mol. The standard InChI is InChI=1S/C17H26N2O3/c20-15(19-1-3-22-4-2-19)11-18-16(21)17-8-12-5-13(9-17)7-14(6-12)10-17/h12-14H,1-11H2,(H,18,21). The molecule has 22 heavy (non-hydrogen) atoms. The van der Waals surface area contributed by atoms with E-state index in [1.165, 1.54) is 19.3 Å². The maximum Gasteiger partial charge on any atom is 0.242 e. The third-order valence-electron chi connectivity index (χ3n) is 6.28. The van der Waals surface area contributed by atoms with Crippen LogP contribution in [0, 0.1) is 23.2 Å². The fourth-order valence-corrected chi connectivity index (χ4v) is 5.66. The molecule has 0 unspecified atom stereocenters. The topological polar surface area (TPSA) is 58.6 Å². The van der Waals surface area contributed by atoms with Gasteiger partial charge in [-0.1, -0.05) is 0 Å². The number of hydrogen-bond acceptors (Lipinski definition) is 3. The predicted octanol–water partition coefficient (Wildman–Crippen LogP) is 1.18. The van der Waals surface area contributed by atoms with Crippen LogP contribution in [0.2, 0.25) is 0 Å². The van der Waals surface area contributed by atoms with Crippen LogP contribution in [-0.2, 0) is 14.3 Å². The number of ether oxygens (including phenoxy) is 1. The molecule has 4 aliphatic carbocycles. The quantitative estimate of drug-likeness (QED) is 0.852. The molecule has 1 saturated heterocycles. The number of hydrogen-bond donors (Lipinski definition) is 1. The summed E-state index contributed by atoms with van der Waals surface area (Å²) in [4.78, 5) is 26.8. The van der Waals surface area contributed by atoms with Crippen molar-refractivity contribution in [1.29, 1.82) is 0 Å². The van der Waals surface area contributed by atoms with E-state index in [-0.39, 0.29) is 23.8 Å². The van der Waals surface area contributed by atoms with E-state index in [2.05, 4.69) is 5.32 Å². The van der Waals surface area contributed by atoms with Gasteiger partial charge in [0.2, 0.25) is 11.8 Å². The first kappa shape index (κ1) is 14.5. The average Bonchev–Trinajstić information content (AvgIpc) is 2.51. The maximum absolute atomic E-state index is 12.8. The molecule has 4 bridgehead atoms. The van der Waals surface area contributed by atoms with E-state index in [1.54, 1.807) is 4.90 Å². The van der Waals surface area contributed by atoms with Crippen LogP contribution in [0.1, 0.15) is 38.5 Å². The Bertz CT molecular complexity index is 435. The molecule has 122 valence electrons. The molecule has 0 aromatic carbocycles. The van der Waals surface area contributed by atoms with Gasteiger partial charge < -0.3 is 15.0 Å². The summed E-state index contributed by atoms with van der Waals surface area (Å²) in [5.74, 6) is 2.44. The summed E-state index contributed by atoms with van der Waals surface area (Å²) in [5, 5.41) is 2.97. The second-order valence-electron chi connectivity index (χ2n) is 7.87. The molecule has 0 atom stereocenters. The number of carbonyl (C=O) groups excluding carboxylic acids is 2. The van der Waals surface area contributed by atoms with E-state index < -0.39 is 0 Å². The molecule has 4 saturated carbocycles. The van der Waals surface area contributed by atoms with Crippen molar-refractivity contribution in [2.45, 2.75) is 38.5 Å². The van der Waals surface area contributed by atoms with Gasteiger partial charge in [-0.25, -0.2) is 0 Å². The minimum absolute atomic E-state index is 0.0291. The molecule has 1 heterocycles. The second-order valence-corrected chi connectivity index (χ2v) is 7.87. The Morgan fingerprint density at radius 2 is 1.55 bits per heavy atom. The number of nitrogens with one attached hydrogen (secondary N) is 1. The van der Waals surface area contributed by atoms with Crippen molar-refractivity contribution in [2.75, 3.05) is 32.8 Å². The molecular weight excluding hydrogens is 280 g/mol. The summed E-state index contributed by atoms with van der Waals surface area (Å²) >= 11 is 0. The monoisotopic (exact) mass is 306 g/mol. The van der Waals surface area contributed by atoms with Crippen molar-refractivity contribution in [3.05, 3.63) is 0 Å². The molecule has 0 aromatic heterocycles. The summed E-state index contributed by atoms with van der Waals surface area (Å²) in [5.41, 5.74) is -0.153. The van der Waals surface area contributed by atoms with Gasteiger partial charge in [0.25, 0.3) is 0 Å². The highest BCUT2D eigenvalue weighted by Crippen LogP contribution is 2.60. The first-order valence-corrected chi connectivity index (χ1v) is 8.78. The number of nitrogens with zero attached hydrogens (tertiary/aromatic N) is 1. The number of amides is 2. The van der Waals surface area contributed by atoms with E-state index in [9.17, 15) is 9.59 Å². The van der Waals surface area contributed by atoms with Gasteiger partial charge in [-0.2, -0.15) is 0 Å². The van der Waals surface area contributed by atoms with E-state index in [1.807, 2.05) is 0 Å². The Morgan fingerprint density at radius 3 is 2.09 bits per heavy atom. The third-order valence-corrected chi connectivity index (χ3v) is 6.28. The molecule has 5 rings (SSSR count). The van der Waals surface area contributed by atoms with Crippen LogP contribution in [0.15, 0.2) is 0 Å². The second kappa shape index (κ2) is 5.52. The van der Waals surface area contributed by atoms with Gasteiger partial charge in [0, 0.05) is 18.5 Å². The summed E-state index contributed by atoms with van der Waals surface area (Å²) in [6.45, 7) is 2.65. The molecule has 2 amide bonds. The van der Waals surface area contributed by atoms with Crippen LogP contribution in [0.25, 0.3) is 0 Å². The van der Waals surface area contributed by atoms with Crippen LogP contribution in [-0.4, -0.2) is 49.6 Å². The van der Waals surface area contributed by atoms with Gasteiger partial charge in [-0.15, -0.1) is 0 Å². The minimum Gasteiger partial charge on any atom is -0.378 e. The van der Waals surface area contributed by atoms with E-state index in [0.29, 0.717) is 26.3 Å². The van der Waals surface area contributed by atoms with Gasteiger partial charge in [-0.05, 0) is 56.3 Å². The van der Waals surface area contributed by atoms with Crippen LogP contribution in [0.5, 0.6) is 0 Å². The Balaban J connectivity index is 1.35. The lowest BCUT2D eigenvalue weighted by molar-refractivity contribution is -0.148. The van der Waals surface area contributed by atoms with Gasteiger partial charge in [0.1, 0.15) is 0 Å². The molecule has 0 spiro atoms. The van der Waals surface area contributed by atoms with E-state index in [4.69, 9.17) is 4.74 Å². The van der Waals surface area contributed by atoms with Crippen LogP contribution in [0.3, 0.4) is 0 Å². The molecule has 1 aliphatic heterocycles. The Hall–Kier alpha value is -1.10.